The lowest BCUT2D eigenvalue weighted by Crippen LogP contribution is -2.29. The van der Waals surface area contributed by atoms with E-state index in [1.807, 2.05) is 6.20 Å². The van der Waals surface area contributed by atoms with Crippen molar-refractivity contribution < 1.29 is 0 Å². The van der Waals surface area contributed by atoms with Gasteiger partial charge in [0.05, 0.1) is 28.0 Å². The van der Waals surface area contributed by atoms with Gasteiger partial charge in [0.15, 0.2) is 0 Å². The summed E-state index contributed by atoms with van der Waals surface area (Å²) in [5.41, 5.74) is 10.1. The van der Waals surface area contributed by atoms with Gasteiger partial charge in [-0.3, -0.25) is 4.98 Å². The molecular weight excluding hydrogens is 300 g/mol. The van der Waals surface area contributed by atoms with Gasteiger partial charge in [0.1, 0.15) is 11.1 Å². The summed E-state index contributed by atoms with van der Waals surface area (Å²) in [4.78, 5) is 7.98. The van der Waals surface area contributed by atoms with E-state index in [0.29, 0.717) is 10.6 Å². The first-order valence-corrected chi connectivity index (χ1v) is 8.35. The highest BCUT2D eigenvalue weighted by Gasteiger charge is 2.24. The number of nitrogens with two attached hydrogens (primary N) is 1. The summed E-state index contributed by atoms with van der Waals surface area (Å²) in [6, 6.07) is 6.37. The maximum Gasteiger partial charge on any atom is 0.104 e. The molecule has 21 heavy (non-hydrogen) atoms. The first-order valence-electron chi connectivity index (χ1n) is 6.65. The minimum Gasteiger partial charge on any atom is -0.389 e. The van der Waals surface area contributed by atoms with Gasteiger partial charge in [-0.05, 0) is 29.5 Å². The molecule has 0 aliphatic carbocycles. The van der Waals surface area contributed by atoms with E-state index >= 15 is 0 Å². The largest absolute Gasteiger partial charge is 0.389 e. The predicted octanol–water partition coefficient (Wildman–Crippen LogP) is 3.37. The number of fused-ring (bicyclic) bond motifs is 2. The van der Waals surface area contributed by atoms with E-state index in [1.165, 1.54) is 15.3 Å². The molecule has 0 saturated heterocycles. The topological polar surface area (TPSA) is 65.9 Å². The summed E-state index contributed by atoms with van der Waals surface area (Å²) in [5.74, 6) is 0. The molecule has 0 aromatic carbocycles. The van der Waals surface area contributed by atoms with Crippen LogP contribution in [-0.2, 0) is 13.0 Å². The summed E-state index contributed by atoms with van der Waals surface area (Å²) in [7, 11) is 0. The Kier molecular flexibility index (Phi) is 2.84. The van der Waals surface area contributed by atoms with Crippen molar-refractivity contribution in [3.05, 3.63) is 39.7 Å². The predicted molar refractivity (Wildman–Crippen MR) is 87.8 cm³/mol. The lowest BCUT2D eigenvalue weighted by molar-refractivity contribution is 0.746. The molecule has 0 amide bonds. The number of rotatable bonds is 1. The van der Waals surface area contributed by atoms with E-state index in [1.54, 1.807) is 22.7 Å². The summed E-state index contributed by atoms with van der Waals surface area (Å²) in [5, 5.41) is 11.9. The molecule has 0 spiro atoms. The van der Waals surface area contributed by atoms with Gasteiger partial charge in [0.25, 0.3) is 0 Å². The Bertz CT molecular complexity index is 872. The van der Waals surface area contributed by atoms with E-state index in [-0.39, 0.29) is 0 Å². The minimum atomic E-state index is 0.653. The number of nitrogen functional groups attached to an aromatic ring is 1. The third-order valence-corrected chi connectivity index (χ3v) is 5.83. The second-order valence-electron chi connectivity index (χ2n) is 4.99. The van der Waals surface area contributed by atoms with E-state index in [4.69, 9.17) is 5.73 Å². The SMILES string of the molecule is N#Cc1c(N)sc2c1CCN(c1ccnc3ccsc13)C2. The molecule has 3 aromatic heterocycles. The molecule has 4 heterocycles. The molecule has 0 atom stereocenters. The van der Waals surface area contributed by atoms with Gasteiger partial charge in [-0.15, -0.1) is 22.7 Å². The molecule has 0 radical (unpaired) electrons. The molecule has 4 nitrogen and oxygen atoms in total. The van der Waals surface area contributed by atoms with Crippen molar-refractivity contribution in [2.75, 3.05) is 17.2 Å². The van der Waals surface area contributed by atoms with Crippen molar-refractivity contribution in [3.8, 4) is 6.07 Å². The lowest BCUT2D eigenvalue weighted by Gasteiger charge is -2.29. The number of hydrogen-bond acceptors (Lipinski definition) is 6. The highest BCUT2D eigenvalue weighted by atomic mass is 32.1. The Hall–Kier alpha value is -2.10. The number of aromatic nitrogens is 1. The van der Waals surface area contributed by atoms with E-state index in [0.717, 1.165) is 30.6 Å². The average molecular weight is 312 g/mol. The Labute approximate surface area is 130 Å². The van der Waals surface area contributed by atoms with Crippen LogP contribution in [-0.4, -0.2) is 11.5 Å². The zero-order chi connectivity index (χ0) is 14.4. The molecule has 6 heteroatoms. The molecule has 4 rings (SSSR count). The third kappa shape index (κ3) is 1.89. The maximum absolute atomic E-state index is 9.22. The number of anilines is 2. The normalized spacial score (nSPS) is 14.1. The van der Waals surface area contributed by atoms with Gasteiger partial charge < -0.3 is 10.6 Å². The molecule has 1 aliphatic heterocycles. The van der Waals surface area contributed by atoms with Crippen LogP contribution in [0.1, 0.15) is 16.0 Å². The molecule has 2 N–H and O–H groups in total. The first-order chi connectivity index (χ1) is 10.3. The lowest BCUT2D eigenvalue weighted by atomic mass is 10.0. The van der Waals surface area contributed by atoms with Crippen LogP contribution in [0.15, 0.2) is 23.7 Å². The fourth-order valence-corrected chi connectivity index (χ4v) is 4.84. The van der Waals surface area contributed by atoms with Gasteiger partial charge in [0.2, 0.25) is 0 Å². The van der Waals surface area contributed by atoms with Gasteiger partial charge in [-0.1, -0.05) is 0 Å². The minimum absolute atomic E-state index is 0.653. The molecular formula is C15H12N4S2. The Balaban J connectivity index is 1.76. The Morgan fingerprint density at radius 1 is 1.38 bits per heavy atom. The molecule has 104 valence electrons. The Morgan fingerprint density at radius 3 is 3.14 bits per heavy atom. The number of hydrogen-bond donors (Lipinski definition) is 1. The van der Waals surface area contributed by atoms with Crippen molar-refractivity contribution >= 4 is 43.6 Å². The Morgan fingerprint density at radius 2 is 2.29 bits per heavy atom. The van der Waals surface area contributed by atoms with Crippen LogP contribution in [0.2, 0.25) is 0 Å². The molecule has 3 aromatic rings. The quantitative estimate of drug-likeness (QED) is 0.748. The van der Waals surface area contributed by atoms with Crippen LogP contribution in [0.3, 0.4) is 0 Å². The van der Waals surface area contributed by atoms with Gasteiger partial charge in [-0.25, -0.2) is 0 Å². The molecule has 0 fully saturated rings. The average Bonchev–Trinajstić information content (AvgIpc) is 3.08. The number of nitriles is 1. The molecule has 0 saturated carbocycles. The summed E-state index contributed by atoms with van der Waals surface area (Å²) >= 11 is 3.27. The van der Waals surface area contributed by atoms with E-state index < -0.39 is 0 Å². The molecule has 0 unspecified atom stereocenters. The smallest absolute Gasteiger partial charge is 0.104 e. The van der Waals surface area contributed by atoms with Crippen LogP contribution in [0.4, 0.5) is 10.7 Å². The van der Waals surface area contributed by atoms with Crippen molar-refractivity contribution in [1.29, 1.82) is 5.26 Å². The molecule has 1 aliphatic rings. The monoisotopic (exact) mass is 312 g/mol. The standard InChI is InChI=1S/C15H12N4S2/c16-7-10-9-2-5-19(8-13(9)21-15(10)17)12-1-4-18-11-3-6-20-14(11)12/h1,3-4,6H,2,5,8,17H2. The van der Waals surface area contributed by atoms with Crippen molar-refractivity contribution in [2.24, 2.45) is 0 Å². The van der Waals surface area contributed by atoms with Crippen LogP contribution >= 0.6 is 22.7 Å². The van der Waals surface area contributed by atoms with E-state index in [9.17, 15) is 5.26 Å². The van der Waals surface area contributed by atoms with Crippen molar-refractivity contribution in [1.82, 2.24) is 4.98 Å². The van der Waals surface area contributed by atoms with Gasteiger partial charge in [-0.2, -0.15) is 5.26 Å². The number of pyridine rings is 1. The summed E-state index contributed by atoms with van der Waals surface area (Å²) < 4.78 is 1.23. The summed E-state index contributed by atoms with van der Waals surface area (Å²) in [6.45, 7) is 1.73. The fraction of sp³-hybridized carbons (Fsp3) is 0.200. The maximum atomic E-state index is 9.22. The van der Waals surface area contributed by atoms with Crippen LogP contribution in [0.5, 0.6) is 0 Å². The zero-order valence-corrected chi connectivity index (χ0v) is 12.8. The fourth-order valence-electron chi connectivity index (χ4n) is 2.86. The van der Waals surface area contributed by atoms with Gasteiger partial charge >= 0.3 is 0 Å². The van der Waals surface area contributed by atoms with E-state index in [2.05, 4.69) is 33.5 Å². The third-order valence-electron chi connectivity index (χ3n) is 3.86. The summed E-state index contributed by atoms with van der Waals surface area (Å²) in [6.07, 6.45) is 2.74. The number of thiophene rings is 2. The van der Waals surface area contributed by atoms with Crippen molar-refractivity contribution in [3.63, 3.8) is 0 Å². The van der Waals surface area contributed by atoms with Crippen LogP contribution in [0.25, 0.3) is 10.2 Å². The van der Waals surface area contributed by atoms with Crippen molar-refractivity contribution in [2.45, 2.75) is 13.0 Å². The number of nitrogens with zero attached hydrogens (tertiary/aromatic N) is 3. The molecule has 0 bridgehead atoms. The highest BCUT2D eigenvalue weighted by molar-refractivity contribution is 7.17. The van der Waals surface area contributed by atoms with Gasteiger partial charge in [0, 0.05) is 17.6 Å². The van der Waals surface area contributed by atoms with Crippen LogP contribution < -0.4 is 10.6 Å². The second kappa shape index (κ2) is 4.72. The van der Waals surface area contributed by atoms with Crippen LogP contribution in [0, 0.1) is 11.3 Å². The highest BCUT2D eigenvalue weighted by Crippen LogP contribution is 2.38. The zero-order valence-electron chi connectivity index (χ0n) is 11.2. The first kappa shape index (κ1) is 12.6. The second-order valence-corrected chi connectivity index (χ2v) is 7.04.